The summed E-state index contributed by atoms with van der Waals surface area (Å²) in [5.41, 5.74) is 2.10. The van der Waals surface area contributed by atoms with Crippen molar-refractivity contribution in [3.05, 3.63) is 29.6 Å². The average Bonchev–Trinajstić information content (AvgIpc) is 3.27. The summed E-state index contributed by atoms with van der Waals surface area (Å²) in [5, 5.41) is 0. The van der Waals surface area contributed by atoms with E-state index < -0.39 is 0 Å². The molecule has 1 aromatic rings. The monoisotopic (exact) mass is 330 g/mol. The molecule has 0 N–H and O–H groups in total. The third-order valence-corrected chi connectivity index (χ3v) is 5.56. The molecular formula is C19H26N2O3. The lowest BCUT2D eigenvalue weighted by atomic mass is 9.84. The van der Waals surface area contributed by atoms with Crippen LogP contribution in [-0.2, 0) is 20.9 Å². The zero-order valence-electron chi connectivity index (χ0n) is 14.5. The van der Waals surface area contributed by atoms with Crippen molar-refractivity contribution in [1.82, 2.24) is 9.88 Å². The SMILES string of the molecule is Cc1cncc(CO[C@@H]2CCOC3(C2)CN(C(=O)[C@H]2C[C@@H]2C)C3)c1. The molecule has 5 nitrogen and oxygen atoms in total. The topological polar surface area (TPSA) is 51.7 Å². The van der Waals surface area contributed by atoms with Gasteiger partial charge in [0.15, 0.2) is 0 Å². The van der Waals surface area contributed by atoms with Crippen LogP contribution in [0.2, 0.25) is 0 Å². The third kappa shape index (κ3) is 3.20. The third-order valence-electron chi connectivity index (χ3n) is 5.56. The number of carbonyl (C=O) groups is 1. The zero-order valence-corrected chi connectivity index (χ0v) is 14.5. The maximum Gasteiger partial charge on any atom is 0.226 e. The van der Waals surface area contributed by atoms with Crippen LogP contribution in [-0.4, -0.2) is 47.2 Å². The summed E-state index contributed by atoms with van der Waals surface area (Å²) in [5.74, 6) is 1.16. The molecule has 0 radical (unpaired) electrons. The van der Waals surface area contributed by atoms with Crippen molar-refractivity contribution < 1.29 is 14.3 Å². The van der Waals surface area contributed by atoms with Crippen molar-refractivity contribution in [2.45, 2.75) is 51.4 Å². The van der Waals surface area contributed by atoms with E-state index >= 15 is 0 Å². The second kappa shape index (κ2) is 6.12. The minimum absolute atomic E-state index is 0.165. The number of nitrogens with zero attached hydrogens (tertiary/aromatic N) is 2. The smallest absolute Gasteiger partial charge is 0.226 e. The van der Waals surface area contributed by atoms with Crippen LogP contribution in [0.5, 0.6) is 0 Å². The standard InChI is InChI=1S/C19H26N2O3/c1-13-5-15(9-20-8-13)10-23-16-3-4-24-19(7-16)11-21(12-19)18(22)17-6-14(17)2/h5,8-9,14,16-17H,3-4,6-7,10-12H2,1-2H3/t14-,16+,17-/m0/s1. The van der Waals surface area contributed by atoms with Crippen molar-refractivity contribution in [3.63, 3.8) is 0 Å². The Labute approximate surface area is 143 Å². The van der Waals surface area contributed by atoms with Gasteiger partial charge in [0.1, 0.15) is 5.60 Å². The van der Waals surface area contributed by atoms with Gasteiger partial charge in [0.25, 0.3) is 0 Å². The Morgan fingerprint density at radius 1 is 1.46 bits per heavy atom. The minimum Gasteiger partial charge on any atom is -0.373 e. The summed E-state index contributed by atoms with van der Waals surface area (Å²) in [6, 6.07) is 2.11. The van der Waals surface area contributed by atoms with E-state index in [2.05, 4.69) is 18.0 Å². The van der Waals surface area contributed by atoms with Gasteiger partial charge in [0, 0.05) is 31.3 Å². The van der Waals surface area contributed by atoms with Crippen LogP contribution in [0, 0.1) is 18.8 Å². The number of carbonyl (C=O) groups excluding carboxylic acids is 1. The molecule has 0 aromatic carbocycles. The quantitative estimate of drug-likeness (QED) is 0.850. The number of hydrogen-bond acceptors (Lipinski definition) is 4. The van der Waals surface area contributed by atoms with Gasteiger partial charge in [-0.2, -0.15) is 0 Å². The molecule has 1 aromatic heterocycles. The van der Waals surface area contributed by atoms with E-state index in [1.54, 1.807) is 0 Å². The molecule has 1 spiro atoms. The molecule has 3 heterocycles. The zero-order chi connectivity index (χ0) is 16.7. The van der Waals surface area contributed by atoms with Crippen molar-refractivity contribution in [1.29, 1.82) is 0 Å². The molecule has 1 amide bonds. The van der Waals surface area contributed by atoms with E-state index in [0.29, 0.717) is 18.4 Å². The number of aryl methyl sites for hydroxylation is 1. The summed E-state index contributed by atoms with van der Waals surface area (Å²) in [6.45, 7) is 6.98. The Bertz CT molecular complexity index is 627. The second-order valence-electron chi connectivity index (χ2n) is 7.84. The molecule has 2 aliphatic heterocycles. The molecule has 3 fully saturated rings. The van der Waals surface area contributed by atoms with Crippen LogP contribution in [0.25, 0.3) is 0 Å². The van der Waals surface area contributed by atoms with Gasteiger partial charge in [-0.15, -0.1) is 0 Å². The number of hydrogen-bond donors (Lipinski definition) is 0. The number of likely N-dealkylation sites (tertiary alicyclic amines) is 1. The highest BCUT2D eigenvalue weighted by Crippen LogP contribution is 2.43. The molecular weight excluding hydrogens is 304 g/mol. The molecule has 0 bridgehead atoms. The van der Waals surface area contributed by atoms with Crippen LogP contribution < -0.4 is 0 Å². The molecule has 1 aliphatic carbocycles. The summed E-state index contributed by atoms with van der Waals surface area (Å²) in [6.07, 6.45) is 6.79. The van der Waals surface area contributed by atoms with E-state index in [4.69, 9.17) is 9.47 Å². The highest BCUT2D eigenvalue weighted by molar-refractivity contribution is 5.82. The van der Waals surface area contributed by atoms with Crippen LogP contribution in [0.4, 0.5) is 0 Å². The number of pyridine rings is 1. The summed E-state index contributed by atoms with van der Waals surface area (Å²) in [7, 11) is 0. The van der Waals surface area contributed by atoms with E-state index in [1.165, 1.54) is 0 Å². The van der Waals surface area contributed by atoms with Crippen LogP contribution in [0.3, 0.4) is 0 Å². The Morgan fingerprint density at radius 2 is 2.25 bits per heavy atom. The Balaban J connectivity index is 1.28. The maximum atomic E-state index is 12.3. The molecule has 3 aliphatic rings. The second-order valence-corrected chi connectivity index (χ2v) is 7.84. The molecule has 3 atom stereocenters. The van der Waals surface area contributed by atoms with Crippen LogP contribution in [0.15, 0.2) is 18.5 Å². The molecule has 2 saturated heterocycles. The first-order valence-corrected chi connectivity index (χ1v) is 9.00. The highest BCUT2D eigenvalue weighted by atomic mass is 16.5. The summed E-state index contributed by atoms with van der Waals surface area (Å²) in [4.78, 5) is 18.5. The van der Waals surface area contributed by atoms with Gasteiger partial charge < -0.3 is 14.4 Å². The predicted molar refractivity (Wildman–Crippen MR) is 89.3 cm³/mol. The van der Waals surface area contributed by atoms with Gasteiger partial charge in [0.2, 0.25) is 5.91 Å². The maximum absolute atomic E-state index is 12.3. The first-order valence-electron chi connectivity index (χ1n) is 9.00. The van der Waals surface area contributed by atoms with Gasteiger partial charge in [0.05, 0.1) is 25.8 Å². The van der Waals surface area contributed by atoms with Crippen LogP contribution in [0.1, 0.15) is 37.3 Å². The lowest BCUT2D eigenvalue weighted by molar-refractivity contribution is -0.203. The first-order chi connectivity index (χ1) is 11.5. The minimum atomic E-state index is -0.165. The van der Waals surface area contributed by atoms with Gasteiger partial charge in [-0.3, -0.25) is 9.78 Å². The first kappa shape index (κ1) is 16.0. The van der Waals surface area contributed by atoms with Crippen molar-refractivity contribution in [2.75, 3.05) is 19.7 Å². The van der Waals surface area contributed by atoms with Crippen molar-refractivity contribution in [3.8, 4) is 0 Å². The van der Waals surface area contributed by atoms with E-state index in [0.717, 1.165) is 50.1 Å². The van der Waals surface area contributed by atoms with E-state index in [9.17, 15) is 4.79 Å². The van der Waals surface area contributed by atoms with Gasteiger partial charge in [-0.25, -0.2) is 0 Å². The number of rotatable bonds is 4. The summed E-state index contributed by atoms with van der Waals surface area (Å²) >= 11 is 0. The van der Waals surface area contributed by atoms with E-state index in [-0.39, 0.29) is 17.6 Å². The number of aromatic nitrogens is 1. The molecule has 0 unspecified atom stereocenters. The fourth-order valence-corrected chi connectivity index (χ4v) is 3.96. The highest BCUT2D eigenvalue weighted by Gasteiger charge is 2.53. The summed E-state index contributed by atoms with van der Waals surface area (Å²) < 4.78 is 12.1. The Morgan fingerprint density at radius 3 is 2.96 bits per heavy atom. The van der Waals surface area contributed by atoms with Crippen molar-refractivity contribution in [2.24, 2.45) is 11.8 Å². The fraction of sp³-hybridized carbons (Fsp3) is 0.684. The number of amides is 1. The molecule has 130 valence electrons. The largest absolute Gasteiger partial charge is 0.373 e. The molecule has 1 saturated carbocycles. The predicted octanol–water partition coefficient (Wildman–Crippen LogP) is 2.32. The Hall–Kier alpha value is -1.46. The van der Waals surface area contributed by atoms with Gasteiger partial charge in [-0.05, 0) is 36.8 Å². The fourth-order valence-electron chi connectivity index (χ4n) is 3.96. The van der Waals surface area contributed by atoms with Crippen LogP contribution >= 0.6 is 0 Å². The Kier molecular flexibility index (Phi) is 4.09. The van der Waals surface area contributed by atoms with Gasteiger partial charge >= 0.3 is 0 Å². The average molecular weight is 330 g/mol. The number of ether oxygens (including phenoxy) is 2. The molecule has 4 rings (SSSR count). The molecule has 24 heavy (non-hydrogen) atoms. The van der Waals surface area contributed by atoms with E-state index in [1.807, 2.05) is 24.2 Å². The molecule has 5 heteroatoms. The lowest BCUT2D eigenvalue weighted by Gasteiger charge is -2.53. The lowest BCUT2D eigenvalue weighted by Crippen LogP contribution is -2.67. The normalized spacial score (nSPS) is 30.9. The van der Waals surface area contributed by atoms with Gasteiger partial charge in [-0.1, -0.05) is 13.0 Å². The van der Waals surface area contributed by atoms with Crippen molar-refractivity contribution >= 4 is 5.91 Å².